The number of benzene rings is 2. The Labute approximate surface area is 209 Å². The average molecular weight is 514 g/mol. The van der Waals surface area contributed by atoms with E-state index in [0.717, 1.165) is 23.8 Å². The number of nitrogens with two attached hydrogens (primary N) is 2. The molecular weight excluding hydrogens is 489 g/mol. The lowest BCUT2D eigenvalue weighted by molar-refractivity contribution is -0.123. The topological polar surface area (TPSA) is 161 Å². The standard InChI is InChI=1S/C24H24FN5O5S/c25-14-3-1-4-15(11-14)30(24(34)21-18(26)19(22(27)32)29-36-21)20(13-6-8-16(31)9-7-13)23(33)28-12-17-5-2-10-35-17/h1,3-4,6-9,11,17,20,31H,2,5,10,12,26H2,(H2,27,32)(H,28,33)/t17-,20+/m1/s1. The summed E-state index contributed by atoms with van der Waals surface area (Å²) in [7, 11) is 0. The predicted octanol–water partition coefficient (Wildman–Crippen LogP) is 2.35. The molecule has 3 amide bonds. The highest BCUT2D eigenvalue weighted by atomic mass is 32.1. The average Bonchev–Trinajstić information content (AvgIpc) is 3.51. The second-order valence-corrected chi connectivity index (χ2v) is 8.94. The SMILES string of the molecule is NC(=O)c1nsc(C(=O)N(c2cccc(F)c2)[C@H](C(=O)NC[C@H]2CCCO2)c2ccc(O)cc2)c1N. The third kappa shape index (κ3) is 5.29. The quantitative estimate of drug-likeness (QED) is 0.359. The van der Waals surface area contributed by atoms with Crippen LogP contribution in [0, 0.1) is 5.82 Å². The van der Waals surface area contributed by atoms with Crippen LogP contribution < -0.4 is 21.7 Å². The van der Waals surface area contributed by atoms with Gasteiger partial charge < -0.3 is 26.6 Å². The lowest BCUT2D eigenvalue weighted by Gasteiger charge is -2.31. The Bertz CT molecular complexity index is 1280. The molecule has 0 spiro atoms. The molecule has 1 saturated heterocycles. The number of anilines is 2. The van der Waals surface area contributed by atoms with Gasteiger partial charge in [-0.25, -0.2) is 4.39 Å². The summed E-state index contributed by atoms with van der Waals surface area (Å²) in [5, 5.41) is 12.6. The van der Waals surface area contributed by atoms with Crippen LogP contribution in [0.5, 0.6) is 5.75 Å². The molecule has 3 aromatic rings. The first-order valence-corrected chi connectivity index (χ1v) is 11.9. The molecule has 0 aliphatic carbocycles. The van der Waals surface area contributed by atoms with Crippen molar-refractivity contribution in [3.8, 4) is 5.75 Å². The Morgan fingerprint density at radius 3 is 2.61 bits per heavy atom. The van der Waals surface area contributed by atoms with Gasteiger partial charge in [-0.1, -0.05) is 18.2 Å². The zero-order chi connectivity index (χ0) is 25.8. The van der Waals surface area contributed by atoms with E-state index in [0.29, 0.717) is 23.7 Å². The molecule has 2 atom stereocenters. The number of carbonyl (C=O) groups is 3. The lowest BCUT2D eigenvalue weighted by atomic mass is 10.0. The van der Waals surface area contributed by atoms with Crippen LogP contribution in [0.2, 0.25) is 0 Å². The highest BCUT2D eigenvalue weighted by Crippen LogP contribution is 2.34. The van der Waals surface area contributed by atoms with Crippen LogP contribution in [0.15, 0.2) is 48.5 Å². The number of aromatic nitrogens is 1. The molecule has 4 rings (SSSR count). The van der Waals surface area contributed by atoms with E-state index in [-0.39, 0.29) is 40.3 Å². The number of ether oxygens (including phenoxy) is 1. The van der Waals surface area contributed by atoms with Crippen molar-refractivity contribution in [2.24, 2.45) is 5.73 Å². The van der Waals surface area contributed by atoms with E-state index < -0.39 is 29.6 Å². The predicted molar refractivity (Wildman–Crippen MR) is 131 cm³/mol. The van der Waals surface area contributed by atoms with Crippen LogP contribution >= 0.6 is 11.5 Å². The molecule has 188 valence electrons. The summed E-state index contributed by atoms with van der Waals surface area (Å²) in [5.41, 5.74) is 11.2. The third-order valence-electron chi connectivity index (χ3n) is 5.70. The van der Waals surface area contributed by atoms with Gasteiger partial charge in [0.15, 0.2) is 5.69 Å². The van der Waals surface area contributed by atoms with Crippen molar-refractivity contribution in [1.29, 1.82) is 0 Å². The van der Waals surface area contributed by atoms with Gasteiger partial charge >= 0.3 is 0 Å². The molecule has 1 aliphatic rings. The number of carbonyl (C=O) groups excluding carboxylic acids is 3. The summed E-state index contributed by atoms with van der Waals surface area (Å²) in [6.45, 7) is 0.815. The first-order chi connectivity index (χ1) is 17.3. The fourth-order valence-electron chi connectivity index (χ4n) is 3.94. The van der Waals surface area contributed by atoms with Gasteiger partial charge in [-0.15, -0.1) is 0 Å². The van der Waals surface area contributed by atoms with E-state index in [1.807, 2.05) is 0 Å². The number of phenols is 1. The first-order valence-electron chi connectivity index (χ1n) is 11.1. The van der Waals surface area contributed by atoms with Gasteiger partial charge in [0.1, 0.15) is 22.5 Å². The summed E-state index contributed by atoms with van der Waals surface area (Å²) in [6, 6.07) is 9.58. The largest absolute Gasteiger partial charge is 0.508 e. The summed E-state index contributed by atoms with van der Waals surface area (Å²) in [5.74, 6) is -2.94. The van der Waals surface area contributed by atoms with Crippen LogP contribution in [0.25, 0.3) is 0 Å². The lowest BCUT2D eigenvalue weighted by Crippen LogP contribution is -2.45. The fourth-order valence-corrected chi connectivity index (χ4v) is 4.68. The van der Waals surface area contributed by atoms with Crippen molar-refractivity contribution < 1.29 is 28.6 Å². The van der Waals surface area contributed by atoms with Gasteiger partial charge in [0.25, 0.3) is 11.8 Å². The molecule has 1 aliphatic heterocycles. The Balaban J connectivity index is 1.80. The number of phenolic OH excluding ortho intramolecular Hbond substituents is 1. The molecule has 0 bridgehead atoms. The number of rotatable bonds is 8. The smallest absolute Gasteiger partial charge is 0.273 e. The number of primary amides is 1. The molecule has 12 heteroatoms. The van der Waals surface area contributed by atoms with E-state index in [1.54, 1.807) is 0 Å². The van der Waals surface area contributed by atoms with Gasteiger partial charge in [-0.2, -0.15) is 4.37 Å². The monoisotopic (exact) mass is 513 g/mol. The van der Waals surface area contributed by atoms with Crippen LogP contribution in [0.4, 0.5) is 15.8 Å². The molecule has 2 aromatic carbocycles. The minimum atomic E-state index is -1.29. The van der Waals surface area contributed by atoms with Crippen molar-refractivity contribution >= 4 is 40.6 Å². The molecule has 0 radical (unpaired) electrons. The van der Waals surface area contributed by atoms with Gasteiger partial charge in [-0.05, 0) is 60.3 Å². The highest BCUT2D eigenvalue weighted by Gasteiger charge is 2.36. The van der Waals surface area contributed by atoms with Crippen LogP contribution in [-0.4, -0.2) is 46.5 Å². The van der Waals surface area contributed by atoms with E-state index >= 15 is 0 Å². The second-order valence-electron chi connectivity index (χ2n) is 8.17. The Morgan fingerprint density at radius 1 is 1.25 bits per heavy atom. The van der Waals surface area contributed by atoms with Gasteiger partial charge in [0.2, 0.25) is 5.91 Å². The highest BCUT2D eigenvalue weighted by molar-refractivity contribution is 7.09. The van der Waals surface area contributed by atoms with Crippen LogP contribution in [0.3, 0.4) is 0 Å². The number of hydrogen-bond acceptors (Lipinski definition) is 8. The summed E-state index contributed by atoms with van der Waals surface area (Å²) >= 11 is 0.648. The minimum absolute atomic E-state index is 0.0429. The van der Waals surface area contributed by atoms with Crippen LogP contribution in [0.1, 0.15) is 44.6 Å². The third-order valence-corrected chi connectivity index (χ3v) is 6.56. The molecule has 1 aromatic heterocycles. The van der Waals surface area contributed by atoms with E-state index in [2.05, 4.69) is 9.69 Å². The maximum atomic E-state index is 14.3. The van der Waals surface area contributed by atoms with E-state index in [9.17, 15) is 23.9 Å². The maximum Gasteiger partial charge on any atom is 0.273 e. The number of hydrogen-bond donors (Lipinski definition) is 4. The van der Waals surface area contributed by atoms with Crippen molar-refractivity contribution in [1.82, 2.24) is 9.69 Å². The van der Waals surface area contributed by atoms with E-state index in [4.69, 9.17) is 16.2 Å². The Morgan fingerprint density at radius 2 is 2.00 bits per heavy atom. The molecule has 10 nitrogen and oxygen atoms in total. The maximum absolute atomic E-state index is 14.3. The molecule has 36 heavy (non-hydrogen) atoms. The van der Waals surface area contributed by atoms with Crippen molar-refractivity contribution in [3.63, 3.8) is 0 Å². The number of halogens is 1. The number of aromatic hydroxyl groups is 1. The van der Waals surface area contributed by atoms with Crippen LogP contribution in [-0.2, 0) is 9.53 Å². The van der Waals surface area contributed by atoms with E-state index in [1.165, 1.54) is 42.5 Å². The molecule has 0 unspecified atom stereocenters. The summed E-state index contributed by atoms with van der Waals surface area (Å²) < 4.78 is 23.7. The molecule has 0 saturated carbocycles. The fraction of sp³-hybridized carbons (Fsp3) is 0.250. The molecule has 2 heterocycles. The molecule has 1 fully saturated rings. The van der Waals surface area contributed by atoms with Crippen molar-refractivity contribution in [2.75, 3.05) is 23.8 Å². The van der Waals surface area contributed by atoms with Gasteiger partial charge in [0.05, 0.1) is 11.8 Å². The van der Waals surface area contributed by atoms with Gasteiger partial charge in [0, 0.05) is 18.8 Å². The summed E-state index contributed by atoms with van der Waals surface area (Å²) in [4.78, 5) is 40.0. The van der Waals surface area contributed by atoms with Crippen molar-refractivity contribution in [2.45, 2.75) is 25.0 Å². The number of nitrogens with zero attached hydrogens (tertiary/aromatic N) is 2. The van der Waals surface area contributed by atoms with Crippen molar-refractivity contribution in [3.05, 3.63) is 70.5 Å². The number of nitrogen functional groups attached to an aromatic ring is 1. The zero-order valence-electron chi connectivity index (χ0n) is 19.0. The second kappa shape index (κ2) is 10.7. The number of amides is 3. The molecular formula is C24H24FN5O5S. The first kappa shape index (κ1) is 25.1. The van der Waals surface area contributed by atoms with Gasteiger partial charge in [-0.3, -0.25) is 19.3 Å². The Hall–Kier alpha value is -4.03. The minimum Gasteiger partial charge on any atom is -0.508 e. The normalized spacial score (nSPS) is 15.9. The number of nitrogens with one attached hydrogen (secondary N) is 1. The summed E-state index contributed by atoms with van der Waals surface area (Å²) in [6.07, 6.45) is 1.50. The Kier molecular flexibility index (Phi) is 7.46. The zero-order valence-corrected chi connectivity index (χ0v) is 19.8. The molecule has 6 N–H and O–H groups in total.